The molecule has 4 aromatic rings. The number of aromatic amines is 1. The highest BCUT2D eigenvalue weighted by Crippen LogP contribution is 2.27. The predicted octanol–water partition coefficient (Wildman–Crippen LogP) is 5.13. The van der Waals surface area contributed by atoms with Crippen LogP contribution in [0.4, 0.5) is 17.6 Å². The molecule has 0 bridgehead atoms. The van der Waals surface area contributed by atoms with Gasteiger partial charge in [-0.2, -0.15) is 13.2 Å². The average molecular weight is 555 g/mol. The number of fused-ring (bicyclic) bond motifs is 1. The van der Waals surface area contributed by atoms with Crippen molar-refractivity contribution in [3.63, 3.8) is 0 Å². The molecule has 0 aliphatic carbocycles. The van der Waals surface area contributed by atoms with Gasteiger partial charge in [-0.05, 0) is 60.5 Å². The second-order valence-electron chi connectivity index (χ2n) is 9.07. The molecular formula is C29H26F4N4O3. The maximum atomic E-state index is 13.3. The van der Waals surface area contributed by atoms with Gasteiger partial charge in [0.25, 0.3) is 5.91 Å². The zero-order chi connectivity index (χ0) is 28.7. The summed E-state index contributed by atoms with van der Waals surface area (Å²) in [6.45, 7) is 2.16. The molecule has 0 fully saturated rings. The number of hydrogen-bond donors (Lipinski definition) is 4. The van der Waals surface area contributed by atoms with E-state index < -0.39 is 12.1 Å². The third-order valence-electron chi connectivity index (χ3n) is 6.15. The van der Waals surface area contributed by atoms with Crippen LogP contribution < -0.4 is 10.6 Å². The van der Waals surface area contributed by atoms with Crippen LogP contribution in [-0.4, -0.2) is 46.2 Å². The van der Waals surface area contributed by atoms with E-state index in [4.69, 9.17) is 9.90 Å². The molecule has 0 saturated heterocycles. The van der Waals surface area contributed by atoms with Gasteiger partial charge in [0.1, 0.15) is 5.82 Å². The monoisotopic (exact) mass is 554 g/mol. The van der Waals surface area contributed by atoms with Gasteiger partial charge in [-0.1, -0.05) is 30.3 Å². The maximum Gasteiger partial charge on any atom is 0.490 e. The van der Waals surface area contributed by atoms with E-state index in [0.717, 1.165) is 70.8 Å². The summed E-state index contributed by atoms with van der Waals surface area (Å²) in [6, 6.07) is 20.9. The van der Waals surface area contributed by atoms with Crippen LogP contribution in [0, 0.1) is 5.82 Å². The number of carboxylic acid groups (broad SMARTS) is 1. The fourth-order valence-corrected chi connectivity index (χ4v) is 4.20. The molecule has 1 aliphatic rings. The first kappa shape index (κ1) is 28.5. The lowest BCUT2D eigenvalue weighted by Crippen LogP contribution is -2.31. The number of benzene rings is 2. The molecule has 1 amide bonds. The second kappa shape index (κ2) is 12.6. The average Bonchev–Trinajstić information content (AvgIpc) is 3.37. The fraction of sp³-hybridized carbons (Fsp3) is 0.207. The number of nitrogens with zero attached hydrogens (tertiary/aromatic N) is 1. The normalized spacial score (nSPS) is 12.7. The molecule has 1 aliphatic heterocycles. The van der Waals surface area contributed by atoms with E-state index in [2.05, 4.69) is 38.8 Å². The van der Waals surface area contributed by atoms with Crippen LogP contribution >= 0.6 is 0 Å². The third-order valence-corrected chi connectivity index (χ3v) is 6.15. The van der Waals surface area contributed by atoms with E-state index >= 15 is 0 Å². The Kier molecular flexibility index (Phi) is 8.95. The molecule has 5 rings (SSSR count). The summed E-state index contributed by atoms with van der Waals surface area (Å²) in [6.07, 6.45) is -1.69. The molecule has 0 unspecified atom stereocenters. The van der Waals surface area contributed by atoms with Crippen molar-refractivity contribution in [2.45, 2.75) is 25.6 Å². The highest BCUT2D eigenvalue weighted by atomic mass is 19.4. The molecule has 4 N–H and O–H groups in total. The minimum absolute atomic E-state index is 0.0226. The van der Waals surface area contributed by atoms with E-state index in [9.17, 15) is 22.4 Å². The van der Waals surface area contributed by atoms with Gasteiger partial charge in [-0.3, -0.25) is 9.78 Å². The lowest BCUT2D eigenvalue weighted by atomic mass is 10.0. The summed E-state index contributed by atoms with van der Waals surface area (Å²) in [5, 5.41) is 13.4. The number of aromatic nitrogens is 2. The Balaban J connectivity index is 0.000000470. The van der Waals surface area contributed by atoms with Crippen LogP contribution in [0.25, 0.3) is 22.5 Å². The zero-order valence-electron chi connectivity index (χ0n) is 21.2. The third kappa shape index (κ3) is 7.54. The first-order valence-electron chi connectivity index (χ1n) is 12.4. The van der Waals surface area contributed by atoms with Crippen molar-refractivity contribution in [2.75, 3.05) is 13.1 Å². The largest absolute Gasteiger partial charge is 0.490 e. The van der Waals surface area contributed by atoms with E-state index in [1.54, 1.807) is 18.3 Å². The smallest absolute Gasteiger partial charge is 0.475 e. The van der Waals surface area contributed by atoms with Crippen molar-refractivity contribution in [2.24, 2.45) is 0 Å². The number of halogens is 4. The number of pyridine rings is 1. The van der Waals surface area contributed by atoms with Crippen molar-refractivity contribution in [3.05, 3.63) is 101 Å². The summed E-state index contributed by atoms with van der Waals surface area (Å²) in [5.41, 5.74) is 7.70. The Bertz CT molecular complexity index is 1500. The molecule has 2 aromatic heterocycles. The molecule has 0 saturated carbocycles. The van der Waals surface area contributed by atoms with Crippen LogP contribution in [0.1, 0.15) is 27.2 Å². The van der Waals surface area contributed by atoms with Gasteiger partial charge in [0.15, 0.2) is 0 Å². The van der Waals surface area contributed by atoms with Crippen molar-refractivity contribution in [3.8, 4) is 22.5 Å². The van der Waals surface area contributed by atoms with Crippen LogP contribution in [0.3, 0.4) is 0 Å². The van der Waals surface area contributed by atoms with Crippen LogP contribution in [0.2, 0.25) is 0 Å². The van der Waals surface area contributed by atoms with Crippen molar-refractivity contribution >= 4 is 11.9 Å². The Labute approximate surface area is 227 Å². The Morgan fingerprint density at radius 2 is 1.75 bits per heavy atom. The van der Waals surface area contributed by atoms with Crippen molar-refractivity contribution in [1.82, 2.24) is 20.6 Å². The summed E-state index contributed by atoms with van der Waals surface area (Å²) in [7, 11) is 0. The zero-order valence-corrected chi connectivity index (χ0v) is 21.2. The molecule has 40 heavy (non-hydrogen) atoms. The van der Waals surface area contributed by atoms with Gasteiger partial charge < -0.3 is 20.7 Å². The van der Waals surface area contributed by atoms with E-state index in [0.29, 0.717) is 6.54 Å². The highest BCUT2D eigenvalue weighted by molar-refractivity contribution is 5.97. The van der Waals surface area contributed by atoms with E-state index in [1.165, 1.54) is 6.07 Å². The molecule has 208 valence electrons. The molecule has 2 aromatic carbocycles. The SMILES string of the molecule is O=C(O)C(F)(F)F.O=C1NCCc2[nH]c(-c3ccnc(-c4cccc(CNCCc5cccc(F)c5)c4)c3)cc21. The number of nitrogens with one attached hydrogen (secondary N) is 3. The number of H-pyrrole nitrogens is 1. The standard InChI is InChI=1S/C27H25FN4O.C2HF3O2/c28-22-6-2-3-18(14-22)7-10-29-17-19-4-1-5-20(13-19)25-15-21(8-11-30-25)26-16-23-24(32-26)9-12-31-27(23)33;3-2(4,5)1(6)7/h1-6,8,11,13-16,29,32H,7,9-10,12,17H2,(H,31,33);(H,6,7). The van der Waals surface area contributed by atoms with Gasteiger partial charge in [0.2, 0.25) is 0 Å². The summed E-state index contributed by atoms with van der Waals surface area (Å²) < 4.78 is 45.1. The number of aliphatic carboxylic acids is 1. The van der Waals surface area contributed by atoms with Crippen molar-refractivity contribution in [1.29, 1.82) is 0 Å². The molecule has 0 spiro atoms. The number of amides is 1. The quantitative estimate of drug-likeness (QED) is 0.187. The molecular weight excluding hydrogens is 528 g/mol. The van der Waals surface area contributed by atoms with Crippen molar-refractivity contribution < 1.29 is 32.3 Å². The highest BCUT2D eigenvalue weighted by Gasteiger charge is 2.38. The Hall–Kier alpha value is -4.51. The lowest BCUT2D eigenvalue weighted by molar-refractivity contribution is -0.192. The Morgan fingerprint density at radius 3 is 2.48 bits per heavy atom. The first-order valence-corrected chi connectivity index (χ1v) is 12.4. The number of alkyl halides is 3. The number of hydrogen-bond acceptors (Lipinski definition) is 4. The molecule has 11 heteroatoms. The number of carbonyl (C=O) groups excluding carboxylic acids is 1. The summed E-state index contributed by atoms with van der Waals surface area (Å²) in [5.74, 6) is -2.98. The van der Waals surface area contributed by atoms with Gasteiger partial charge in [-0.25, -0.2) is 9.18 Å². The van der Waals surface area contributed by atoms with Gasteiger partial charge in [-0.15, -0.1) is 0 Å². The van der Waals surface area contributed by atoms with E-state index in [1.807, 2.05) is 30.3 Å². The minimum Gasteiger partial charge on any atom is -0.475 e. The lowest BCUT2D eigenvalue weighted by Gasteiger charge is -2.11. The summed E-state index contributed by atoms with van der Waals surface area (Å²) >= 11 is 0. The molecule has 7 nitrogen and oxygen atoms in total. The predicted molar refractivity (Wildman–Crippen MR) is 141 cm³/mol. The van der Waals surface area contributed by atoms with Crippen LogP contribution in [0.5, 0.6) is 0 Å². The molecule has 0 atom stereocenters. The van der Waals surface area contributed by atoms with Crippen LogP contribution in [-0.2, 0) is 24.2 Å². The fourth-order valence-electron chi connectivity index (χ4n) is 4.20. The van der Waals surface area contributed by atoms with E-state index in [-0.39, 0.29) is 11.7 Å². The summed E-state index contributed by atoms with van der Waals surface area (Å²) in [4.78, 5) is 29.0. The van der Waals surface area contributed by atoms with Crippen LogP contribution in [0.15, 0.2) is 72.9 Å². The van der Waals surface area contributed by atoms with Gasteiger partial charge in [0, 0.05) is 48.2 Å². The first-order chi connectivity index (χ1) is 19.1. The topological polar surface area (TPSA) is 107 Å². The molecule has 3 heterocycles. The van der Waals surface area contributed by atoms with Gasteiger partial charge in [0.05, 0.1) is 11.3 Å². The minimum atomic E-state index is -5.08. The van der Waals surface area contributed by atoms with Gasteiger partial charge >= 0.3 is 12.1 Å². The second-order valence-corrected chi connectivity index (χ2v) is 9.07. The number of rotatable bonds is 7. The molecule has 0 radical (unpaired) electrons. The number of carbonyl (C=O) groups is 2. The Morgan fingerprint density at radius 1 is 1.00 bits per heavy atom. The maximum absolute atomic E-state index is 13.3. The number of carboxylic acids is 1.